The normalized spacial score (nSPS) is 13.3. The third-order valence-electron chi connectivity index (χ3n) is 5.83. The largest absolute Gasteiger partial charge is 0.381 e. The molecule has 0 aliphatic carbocycles. The minimum absolute atomic E-state index is 0.0279. The molecule has 198 valence electrons. The van der Waals surface area contributed by atoms with Gasteiger partial charge in [-0.15, -0.1) is 0 Å². The van der Waals surface area contributed by atoms with Gasteiger partial charge >= 0.3 is 8.60 Å². The molecule has 2 unspecified atom stereocenters. The summed E-state index contributed by atoms with van der Waals surface area (Å²) >= 11 is 0. The van der Waals surface area contributed by atoms with Crippen LogP contribution in [-0.4, -0.2) is 50.7 Å². The van der Waals surface area contributed by atoms with Crippen LogP contribution in [0.1, 0.15) is 117 Å². The molecule has 0 radical (unpaired) electrons. The number of quaternary nitrogens is 1. The summed E-state index contributed by atoms with van der Waals surface area (Å²) in [6.07, 6.45) is 19.8. The van der Waals surface area contributed by atoms with E-state index in [0.717, 1.165) is 32.4 Å². The van der Waals surface area contributed by atoms with Crippen molar-refractivity contribution in [2.45, 2.75) is 117 Å². The Bertz CT molecular complexity index is 414. The zero-order valence-corrected chi connectivity index (χ0v) is 22.9. The van der Waals surface area contributed by atoms with Crippen LogP contribution in [0.5, 0.6) is 0 Å². The molecule has 33 heavy (non-hydrogen) atoms. The van der Waals surface area contributed by atoms with E-state index in [0.29, 0.717) is 26.2 Å². The molecule has 0 aliphatic rings. The number of ether oxygens (including phenoxy) is 1. The Kier molecular flexibility index (Phi) is 26.4. The van der Waals surface area contributed by atoms with Crippen molar-refractivity contribution in [1.82, 2.24) is 0 Å². The number of unbranched alkanes of at least 4 members (excludes halogenated alkanes) is 13. The maximum Gasteiger partial charge on any atom is 0.329 e. The number of Topliss-reactive ketones (excluding diaryl/α,β-unsaturated/α-hetero) is 1. The van der Waals surface area contributed by atoms with Crippen LogP contribution in [0.3, 0.4) is 0 Å². The highest BCUT2D eigenvalue weighted by Gasteiger charge is 2.16. The molecule has 0 aliphatic heterocycles. The van der Waals surface area contributed by atoms with Crippen LogP contribution >= 0.6 is 8.60 Å². The smallest absolute Gasteiger partial charge is 0.329 e. The van der Waals surface area contributed by atoms with Gasteiger partial charge in [0.1, 0.15) is 5.78 Å². The van der Waals surface area contributed by atoms with Gasteiger partial charge in [0, 0.05) is 18.9 Å². The van der Waals surface area contributed by atoms with Gasteiger partial charge in [-0.25, -0.2) is 0 Å². The Morgan fingerprint density at radius 1 is 0.788 bits per heavy atom. The third kappa shape index (κ3) is 26.3. The second kappa shape index (κ2) is 26.5. The van der Waals surface area contributed by atoms with Gasteiger partial charge in [-0.05, 0) is 26.2 Å². The first-order chi connectivity index (χ1) is 16.1. The molecule has 0 heterocycles. The fourth-order valence-corrected chi connectivity index (χ4v) is 4.54. The van der Waals surface area contributed by atoms with Crippen LogP contribution in [0, 0.1) is 5.92 Å². The Morgan fingerprint density at radius 3 is 1.88 bits per heavy atom. The zero-order chi connectivity index (χ0) is 24.4. The van der Waals surface area contributed by atoms with Crippen molar-refractivity contribution in [3.05, 3.63) is 0 Å². The lowest BCUT2D eigenvalue weighted by molar-refractivity contribution is -0.627. The quantitative estimate of drug-likeness (QED) is 0.110. The van der Waals surface area contributed by atoms with E-state index in [9.17, 15) is 9.69 Å². The average molecular weight is 493 g/mol. The molecule has 6 nitrogen and oxygen atoms in total. The van der Waals surface area contributed by atoms with Gasteiger partial charge in [-0.3, -0.25) is 0 Å². The summed E-state index contributed by atoms with van der Waals surface area (Å²) in [6, 6.07) is 0. The second-order valence-corrected chi connectivity index (χ2v) is 10.4. The average Bonchev–Trinajstić information content (AvgIpc) is 2.79. The van der Waals surface area contributed by atoms with Crippen molar-refractivity contribution in [2.24, 2.45) is 5.92 Å². The summed E-state index contributed by atoms with van der Waals surface area (Å²) in [5.74, 6) is 0.0899. The number of carbonyl (C=O) groups is 1. The highest BCUT2D eigenvalue weighted by atomic mass is 31.2. The molecule has 0 aromatic heterocycles. The van der Waals surface area contributed by atoms with Gasteiger partial charge in [-0.1, -0.05) is 84.0 Å². The van der Waals surface area contributed by atoms with Crippen molar-refractivity contribution in [1.29, 1.82) is 0 Å². The number of hydrogen-bond acceptors (Lipinski definition) is 5. The van der Waals surface area contributed by atoms with E-state index in [1.54, 1.807) is 6.92 Å². The SMILES string of the molecule is CCCCCCCCCCCCCCCOCC(COP(O)OCCCC[NH2+]C)CC(C)=O. The number of rotatable bonds is 27. The molecule has 0 saturated heterocycles. The number of ketones is 1. The zero-order valence-electron chi connectivity index (χ0n) is 22.0. The van der Waals surface area contributed by atoms with E-state index in [1.807, 2.05) is 7.05 Å². The molecule has 0 bridgehead atoms. The first-order valence-corrected chi connectivity index (χ1v) is 14.8. The van der Waals surface area contributed by atoms with E-state index < -0.39 is 8.60 Å². The number of nitrogens with two attached hydrogens (primary N) is 1. The lowest BCUT2D eigenvalue weighted by Gasteiger charge is -2.18. The predicted molar refractivity (Wildman–Crippen MR) is 138 cm³/mol. The first kappa shape index (κ1) is 32.9. The van der Waals surface area contributed by atoms with E-state index in [-0.39, 0.29) is 11.7 Å². The van der Waals surface area contributed by atoms with Gasteiger partial charge in [0.15, 0.2) is 0 Å². The molecule has 0 aromatic rings. The van der Waals surface area contributed by atoms with Crippen LogP contribution in [0.4, 0.5) is 0 Å². The Balaban J connectivity index is 3.61. The molecular formula is C26H55NO5P+. The lowest BCUT2D eigenvalue weighted by atomic mass is 10.0. The van der Waals surface area contributed by atoms with Crippen molar-refractivity contribution < 1.29 is 28.8 Å². The number of hydrogen-bond donors (Lipinski definition) is 2. The highest BCUT2D eigenvalue weighted by molar-refractivity contribution is 7.40. The predicted octanol–water partition coefficient (Wildman–Crippen LogP) is 5.92. The molecule has 0 aromatic carbocycles. The van der Waals surface area contributed by atoms with Gasteiger partial charge < -0.3 is 28.8 Å². The summed E-state index contributed by atoms with van der Waals surface area (Å²) in [5, 5.41) is 2.13. The summed E-state index contributed by atoms with van der Waals surface area (Å²) in [7, 11) is 0.166. The van der Waals surface area contributed by atoms with Gasteiger partial charge in [0.05, 0.1) is 33.4 Å². The standard InChI is InChI=1S/C26H54NO5P/c1-4-5-6-7-8-9-10-11-12-13-14-15-17-20-30-23-26(22-25(2)28)24-32-33(29)31-21-18-16-19-27-3/h26-27,29H,4-24H2,1-3H3/p+1. The molecule has 0 rings (SSSR count). The molecule has 0 spiro atoms. The fourth-order valence-electron chi connectivity index (χ4n) is 3.84. The van der Waals surface area contributed by atoms with E-state index in [4.69, 9.17) is 13.8 Å². The van der Waals surface area contributed by atoms with Crippen molar-refractivity contribution in [3.8, 4) is 0 Å². The minimum Gasteiger partial charge on any atom is -0.381 e. The van der Waals surface area contributed by atoms with Crippen molar-refractivity contribution in [2.75, 3.05) is 40.0 Å². The summed E-state index contributed by atoms with van der Waals surface area (Å²) in [4.78, 5) is 21.4. The van der Waals surface area contributed by atoms with Gasteiger partial charge in [0.25, 0.3) is 0 Å². The molecular weight excluding hydrogens is 437 g/mol. The van der Waals surface area contributed by atoms with Gasteiger partial charge in [0.2, 0.25) is 0 Å². The van der Waals surface area contributed by atoms with Crippen LogP contribution in [-0.2, 0) is 18.6 Å². The van der Waals surface area contributed by atoms with Gasteiger partial charge in [-0.2, -0.15) is 0 Å². The maximum absolute atomic E-state index is 11.5. The first-order valence-electron chi connectivity index (χ1n) is 13.7. The Hall–Kier alpha value is -0.100. The van der Waals surface area contributed by atoms with Crippen LogP contribution in [0.15, 0.2) is 0 Å². The van der Waals surface area contributed by atoms with Crippen molar-refractivity contribution in [3.63, 3.8) is 0 Å². The molecule has 0 saturated carbocycles. The van der Waals surface area contributed by atoms with Crippen LogP contribution in [0.25, 0.3) is 0 Å². The Labute approximate surface area is 205 Å². The third-order valence-corrected chi connectivity index (χ3v) is 6.60. The summed E-state index contributed by atoms with van der Waals surface area (Å²) in [6.45, 7) is 6.94. The topological polar surface area (TPSA) is 81.6 Å². The Morgan fingerprint density at radius 2 is 1.33 bits per heavy atom. The second-order valence-electron chi connectivity index (χ2n) is 9.36. The van der Waals surface area contributed by atoms with Crippen molar-refractivity contribution >= 4 is 14.4 Å². The van der Waals surface area contributed by atoms with E-state index in [1.165, 1.54) is 77.0 Å². The fraction of sp³-hybridized carbons (Fsp3) is 0.962. The highest BCUT2D eigenvalue weighted by Crippen LogP contribution is 2.33. The lowest BCUT2D eigenvalue weighted by Crippen LogP contribution is -2.79. The molecule has 0 fully saturated rings. The summed E-state index contributed by atoms with van der Waals surface area (Å²) < 4.78 is 16.6. The summed E-state index contributed by atoms with van der Waals surface area (Å²) in [5.41, 5.74) is 0. The maximum atomic E-state index is 11.5. The molecule has 2 atom stereocenters. The molecule has 7 heteroatoms. The number of carbonyl (C=O) groups excluding carboxylic acids is 1. The monoisotopic (exact) mass is 492 g/mol. The minimum atomic E-state index is -1.87. The molecule has 0 amide bonds. The van der Waals surface area contributed by atoms with Crippen LogP contribution in [0.2, 0.25) is 0 Å². The van der Waals surface area contributed by atoms with E-state index >= 15 is 0 Å². The molecule has 3 N–H and O–H groups in total. The van der Waals surface area contributed by atoms with E-state index in [2.05, 4.69) is 12.2 Å². The van der Waals surface area contributed by atoms with Crippen LogP contribution < -0.4 is 5.32 Å².